The molecule has 0 aliphatic rings. The first-order valence-electron chi connectivity index (χ1n) is 7.13. The monoisotopic (exact) mass is 300 g/mol. The van der Waals surface area contributed by atoms with Crippen LogP contribution in [0.15, 0.2) is 61.4 Å². The fraction of sp³-hybridized carbons (Fsp3) is 0.158. The van der Waals surface area contributed by atoms with Crippen LogP contribution in [-0.4, -0.2) is 0 Å². The minimum absolute atomic E-state index is 0.123. The van der Waals surface area contributed by atoms with Crippen LogP contribution in [0.5, 0.6) is 5.75 Å². The minimum Gasteiger partial charge on any atom is -0.462 e. The Morgan fingerprint density at radius 2 is 1.77 bits per heavy atom. The third-order valence-electron chi connectivity index (χ3n) is 3.28. The van der Waals surface area contributed by atoms with E-state index in [2.05, 4.69) is 6.58 Å². The van der Waals surface area contributed by atoms with Crippen molar-refractivity contribution in [2.75, 3.05) is 0 Å². The molecule has 0 fully saturated rings. The van der Waals surface area contributed by atoms with Gasteiger partial charge in [0.15, 0.2) is 11.6 Å². The first-order valence-corrected chi connectivity index (χ1v) is 7.13. The molecule has 0 saturated carbocycles. The minimum atomic E-state index is -0.980. The fourth-order valence-electron chi connectivity index (χ4n) is 2.11. The molecule has 0 heterocycles. The van der Waals surface area contributed by atoms with Crippen molar-refractivity contribution in [2.45, 2.75) is 19.8 Å². The second-order valence-corrected chi connectivity index (χ2v) is 4.85. The molecule has 3 heteroatoms. The van der Waals surface area contributed by atoms with Crippen molar-refractivity contribution in [2.24, 2.45) is 0 Å². The van der Waals surface area contributed by atoms with Gasteiger partial charge in [0.1, 0.15) is 0 Å². The maximum atomic E-state index is 14.2. The Balaban J connectivity index is 2.28. The molecule has 0 N–H and O–H groups in total. The molecule has 0 atom stereocenters. The van der Waals surface area contributed by atoms with Crippen molar-refractivity contribution in [1.82, 2.24) is 0 Å². The van der Waals surface area contributed by atoms with Crippen molar-refractivity contribution in [1.29, 1.82) is 0 Å². The zero-order valence-electron chi connectivity index (χ0n) is 12.5. The molecule has 0 radical (unpaired) electrons. The summed E-state index contributed by atoms with van der Waals surface area (Å²) in [7, 11) is 0. The molecule has 114 valence electrons. The largest absolute Gasteiger partial charge is 0.462 e. The second kappa shape index (κ2) is 7.55. The van der Waals surface area contributed by atoms with Gasteiger partial charge in [-0.05, 0) is 43.0 Å². The Hall–Kier alpha value is -2.42. The third kappa shape index (κ3) is 3.61. The Bertz CT molecular complexity index is 673. The molecule has 2 aromatic carbocycles. The molecular formula is C19H18F2O. The second-order valence-electron chi connectivity index (χ2n) is 4.85. The first-order chi connectivity index (χ1) is 10.7. The molecule has 2 rings (SSSR count). The van der Waals surface area contributed by atoms with Gasteiger partial charge in [-0.2, -0.15) is 4.39 Å². The van der Waals surface area contributed by atoms with Crippen molar-refractivity contribution in [3.63, 3.8) is 0 Å². The number of hydrogen-bond acceptors (Lipinski definition) is 1. The summed E-state index contributed by atoms with van der Waals surface area (Å²) in [4.78, 5) is 0. The highest BCUT2D eigenvalue weighted by molar-refractivity contribution is 5.65. The zero-order valence-corrected chi connectivity index (χ0v) is 12.5. The quantitative estimate of drug-likeness (QED) is 0.494. The summed E-state index contributed by atoms with van der Waals surface area (Å²) < 4.78 is 33.2. The highest BCUT2D eigenvalue weighted by Gasteiger charge is 2.15. The van der Waals surface area contributed by atoms with Crippen molar-refractivity contribution in [3.8, 4) is 16.9 Å². The van der Waals surface area contributed by atoms with E-state index in [4.69, 9.17) is 4.74 Å². The smallest absolute Gasteiger partial charge is 0.201 e. The summed E-state index contributed by atoms with van der Waals surface area (Å²) in [5, 5.41) is 0. The summed E-state index contributed by atoms with van der Waals surface area (Å²) >= 11 is 0. The molecule has 0 aliphatic carbocycles. The van der Waals surface area contributed by atoms with Gasteiger partial charge < -0.3 is 4.74 Å². The molecule has 0 unspecified atom stereocenters. The summed E-state index contributed by atoms with van der Waals surface area (Å²) in [5.74, 6) is -2.01. The molecule has 0 amide bonds. The van der Waals surface area contributed by atoms with E-state index in [1.165, 1.54) is 18.4 Å². The van der Waals surface area contributed by atoms with E-state index in [0.717, 1.165) is 18.4 Å². The van der Waals surface area contributed by atoms with Gasteiger partial charge in [-0.1, -0.05) is 36.4 Å². The number of aryl methyl sites for hydroxylation is 1. The van der Waals surface area contributed by atoms with E-state index in [1.807, 2.05) is 18.2 Å². The van der Waals surface area contributed by atoms with Gasteiger partial charge in [-0.3, -0.25) is 0 Å². The lowest BCUT2D eigenvalue weighted by Crippen LogP contribution is -1.95. The maximum absolute atomic E-state index is 14.2. The van der Waals surface area contributed by atoms with Gasteiger partial charge in [0.2, 0.25) is 5.82 Å². The van der Waals surface area contributed by atoms with Crippen LogP contribution in [0.3, 0.4) is 0 Å². The number of ether oxygens (including phenoxy) is 1. The first kappa shape index (κ1) is 16.0. The third-order valence-corrected chi connectivity index (χ3v) is 3.28. The molecule has 0 saturated heterocycles. The van der Waals surface area contributed by atoms with Crippen molar-refractivity contribution >= 4 is 0 Å². The van der Waals surface area contributed by atoms with E-state index in [0.29, 0.717) is 5.56 Å². The molecule has 0 aliphatic heterocycles. The van der Waals surface area contributed by atoms with Crippen LogP contribution in [0.2, 0.25) is 0 Å². The van der Waals surface area contributed by atoms with Crippen LogP contribution in [0, 0.1) is 11.6 Å². The topological polar surface area (TPSA) is 9.23 Å². The molecule has 1 nitrogen and oxygen atoms in total. The van der Waals surface area contributed by atoms with E-state index in [1.54, 1.807) is 25.1 Å². The van der Waals surface area contributed by atoms with Gasteiger partial charge in [0, 0.05) is 5.56 Å². The van der Waals surface area contributed by atoms with Crippen LogP contribution in [0.25, 0.3) is 11.1 Å². The standard InChI is InChI=1S/C19H18F2O/c1-3-5-6-14-7-9-15(10-8-14)16-11-12-17(22-13-4-2)19(21)18(16)20/h3-4,7-13H,1,5-6H2,2H3. The van der Waals surface area contributed by atoms with E-state index in [-0.39, 0.29) is 11.3 Å². The highest BCUT2D eigenvalue weighted by atomic mass is 19.2. The average Bonchev–Trinajstić information content (AvgIpc) is 2.55. The molecule has 0 bridgehead atoms. The van der Waals surface area contributed by atoms with E-state index in [9.17, 15) is 8.78 Å². The fourth-order valence-corrected chi connectivity index (χ4v) is 2.11. The van der Waals surface area contributed by atoms with E-state index >= 15 is 0 Å². The molecule has 2 aromatic rings. The summed E-state index contributed by atoms with van der Waals surface area (Å²) in [6, 6.07) is 10.4. The summed E-state index contributed by atoms with van der Waals surface area (Å²) in [6.45, 7) is 5.42. The van der Waals surface area contributed by atoms with Gasteiger partial charge in [-0.15, -0.1) is 6.58 Å². The Kier molecular flexibility index (Phi) is 5.48. The number of benzene rings is 2. The molecule has 22 heavy (non-hydrogen) atoms. The number of allylic oxidation sites excluding steroid dienone is 2. The predicted molar refractivity (Wildman–Crippen MR) is 85.8 cm³/mol. The van der Waals surface area contributed by atoms with Gasteiger partial charge >= 0.3 is 0 Å². The molecular weight excluding hydrogens is 282 g/mol. The number of rotatable bonds is 6. The lowest BCUT2D eigenvalue weighted by molar-refractivity contribution is 0.415. The van der Waals surface area contributed by atoms with Gasteiger partial charge in [-0.25, -0.2) is 4.39 Å². The lowest BCUT2D eigenvalue weighted by Gasteiger charge is -2.09. The van der Waals surface area contributed by atoms with Crippen molar-refractivity contribution < 1.29 is 13.5 Å². The predicted octanol–water partition coefficient (Wildman–Crippen LogP) is 5.66. The molecule has 0 spiro atoms. The van der Waals surface area contributed by atoms with Gasteiger partial charge in [0.05, 0.1) is 6.26 Å². The average molecular weight is 300 g/mol. The lowest BCUT2D eigenvalue weighted by atomic mass is 10.0. The van der Waals surface area contributed by atoms with Crippen LogP contribution in [0.4, 0.5) is 8.78 Å². The highest BCUT2D eigenvalue weighted by Crippen LogP contribution is 2.30. The van der Waals surface area contributed by atoms with E-state index < -0.39 is 11.6 Å². The van der Waals surface area contributed by atoms with Gasteiger partial charge in [0.25, 0.3) is 0 Å². The van der Waals surface area contributed by atoms with Crippen molar-refractivity contribution in [3.05, 3.63) is 78.6 Å². The zero-order chi connectivity index (χ0) is 15.9. The summed E-state index contributed by atoms with van der Waals surface area (Å²) in [6.07, 6.45) is 6.54. The number of halogens is 2. The van der Waals surface area contributed by atoms with Crippen LogP contribution >= 0.6 is 0 Å². The van der Waals surface area contributed by atoms with Crippen LogP contribution < -0.4 is 4.74 Å². The Labute approximate surface area is 129 Å². The normalized spacial score (nSPS) is 10.9. The Morgan fingerprint density at radius 3 is 2.41 bits per heavy atom. The molecule has 0 aromatic heterocycles. The maximum Gasteiger partial charge on any atom is 0.201 e. The van der Waals surface area contributed by atoms with Crippen LogP contribution in [-0.2, 0) is 6.42 Å². The van der Waals surface area contributed by atoms with Crippen LogP contribution in [0.1, 0.15) is 18.9 Å². The Morgan fingerprint density at radius 1 is 1.05 bits per heavy atom. The number of hydrogen-bond donors (Lipinski definition) is 0. The SMILES string of the molecule is C=CCCc1ccc(-c2ccc(OC=CC)c(F)c2F)cc1. The summed E-state index contributed by atoms with van der Waals surface area (Å²) in [5.41, 5.74) is 1.99.